The van der Waals surface area contributed by atoms with E-state index in [1.165, 1.54) is 12.8 Å². The van der Waals surface area contributed by atoms with E-state index in [1.807, 2.05) is 72.1 Å². The van der Waals surface area contributed by atoms with Crippen molar-refractivity contribution < 1.29 is 4.79 Å². The maximum Gasteiger partial charge on any atom is 0.256 e. The minimum absolute atomic E-state index is 0.152. The summed E-state index contributed by atoms with van der Waals surface area (Å²) in [7, 11) is 0. The highest BCUT2D eigenvalue weighted by Gasteiger charge is 2.17. The summed E-state index contributed by atoms with van der Waals surface area (Å²) in [6, 6.07) is 21.5. The van der Waals surface area contributed by atoms with Crippen molar-refractivity contribution in [3.05, 3.63) is 83.5 Å². The summed E-state index contributed by atoms with van der Waals surface area (Å²) >= 11 is 1.61. The Morgan fingerprint density at radius 3 is 2.68 bits per heavy atom. The van der Waals surface area contributed by atoms with Gasteiger partial charge in [0.1, 0.15) is 5.82 Å². The highest BCUT2D eigenvalue weighted by atomic mass is 32.1. The first-order valence-corrected chi connectivity index (χ1v) is 12.4. The topological polar surface area (TPSA) is 72.7 Å². The molecule has 2 aromatic carbocycles. The van der Waals surface area contributed by atoms with Gasteiger partial charge in [0.15, 0.2) is 5.82 Å². The predicted octanol–water partition coefficient (Wildman–Crippen LogP) is 6.20. The van der Waals surface area contributed by atoms with Crippen LogP contribution < -0.4 is 5.32 Å². The van der Waals surface area contributed by atoms with Crippen LogP contribution in [-0.2, 0) is 13.0 Å². The maximum atomic E-state index is 13.3. The Morgan fingerprint density at radius 1 is 0.941 bits per heavy atom. The number of benzene rings is 2. The summed E-state index contributed by atoms with van der Waals surface area (Å²) in [4.78, 5) is 19.1. The molecule has 1 N–H and O–H groups in total. The second kappa shape index (κ2) is 8.83. The lowest BCUT2D eigenvalue weighted by Gasteiger charge is -2.11. The maximum absolute atomic E-state index is 13.3. The largest absolute Gasteiger partial charge is 0.322 e. The SMILES string of the molecule is O=C(Nc1ccc(-c2nnc3n2CCCCC3)cc1)c1cc(-c2cccs2)nc2ccccc12. The van der Waals surface area contributed by atoms with E-state index in [4.69, 9.17) is 4.98 Å². The van der Waals surface area contributed by atoms with E-state index >= 15 is 0 Å². The number of amides is 1. The van der Waals surface area contributed by atoms with Crippen molar-refractivity contribution in [1.82, 2.24) is 19.7 Å². The molecule has 1 aliphatic rings. The molecule has 0 fully saturated rings. The first-order valence-electron chi connectivity index (χ1n) is 11.5. The number of carbonyl (C=O) groups is 1. The van der Waals surface area contributed by atoms with E-state index in [2.05, 4.69) is 20.1 Å². The number of fused-ring (bicyclic) bond motifs is 2. The molecule has 168 valence electrons. The molecule has 0 saturated heterocycles. The van der Waals surface area contributed by atoms with E-state index in [-0.39, 0.29) is 5.91 Å². The van der Waals surface area contributed by atoms with E-state index in [9.17, 15) is 4.79 Å². The van der Waals surface area contributed by atoms with Crippen LogP contribution in [-0.4, -0.2) is 25.7 Å². The van der Waals surface area contributed by atoms with Gasteiger partial charge in [-0.25, -0.2) is 4.98 Å². The number of hydrogen-bond donors (Lipinski definition) is 1. The summed E-state index contributed by atoms with van der Waals surface area (Å²) in [5, 5.41) is 14.7. The average molecular weight is 466 g/mol. The molecule has 0 atom stereocenters. The molecule has 5 aromatic rings. The number of nitrogens with zero attached hydrogens (tertiary/aromatic N) is 4. The summed E-state index contributed by atoms with van der Waals surface area (Å²) in [5.41, 5.74) is 3.97. The van der Waals surface area contributed by atoms with E-state index in [0.717, 1.165) is 63.8 Å². The zero-order valence-corrected chi connectivity index (χ0v) is 19.4. The highest BCUT2D eigenvalue weighted by molar-refractivity contribution is 7.13. The molecule has 6 nitrogen and oxygen atoms in total. The van der Waals surface area contributed by atoms with Crippen molar-refractivity contribution in [1.29, 1.82) is 0 Å². The molecule has 1 amide bonds. The molecular formula is C27H23N5OS. The third-order valence-corrected chi connectivity index (χ3v) is 7.14. The van der Waals surface area contributed by atoms with Gasteiger partial charge in [-0.2, -0.15) is 0 Å². The van der Waals surface area contributed by atoms with Crippen LogP contribution in [0, 0.1) is 0 Å². The van der Waals surface area contributed by atoms with Crippen LogP contribution in [0.5, 0.6) is 0 Å². The van der Waals surface area contributed by atoms with Gasteiger partial charge in [0.05, 0.1) is 21.7 Å². The first kappa shape index (κ1) is 20.7. The quantitative estimate of drug-likeness (QED) is 0.343. The van der Waals surface area contributed by atoms with Crippen LogP contribution in [0.2, 0.25) is 0 Å². The van der Waals surface area contributed by atoms with Crippen LogP contribution in [0.15, 0.2) is 72.1 Å². The van der Waals surface area contributed by atoms with Gasteiger partial charge in [0.2, 0.25) is 0 Å². The molecule has 34 heavy (non-hydrogen) atoms. The number of aromatic nitrogens is 4. The fraction of sp³-hybridized carbons (Fsp3) is 0.185. The lowest BCUT2D eigenvalue weighted by atomic mass is 10.1. The van der Waals surface area contributed by atoms with E-state index in [1.54, 1.807) is 11.3 Å². The normalized spacial score (nSPS) is 13.4. The van der Waals surface area contributed by atoms with Gasteiger partial charge in [0.25, 0.3) is 5.91 Å². The molecule has 0 bridgehead atoms. The smallest absolute Gasteiger partial charge is 0.256 e. The summed E-state index contributed by atoms with van der Waals surface area (Å²) in [6.45, 7) is 0.956. The summed E-state index contributed by atoms with van der Waals surface area (Å²) < 4.78 is 2.23. The van der Waals surface area contributed by atoms with Gasteiger partial charge in [-0.05, 0) is 60.7 Å². The van der Waals surface area contributed by atoms with Crippen molar-refractivity contribution in [2.24, 2.45) is 0 Å². The molecule has 3 aromatic heterocycles. The molecule has 6 rings (SSSR count). The van der Waals surface area contributed by atoms with Crippen molar-refractivity contribution in [3.63, 3.8) is 0 Å². The average Bonchev–Trinajstić information content (AvgIpc) is 3.49. The summed E-state index contributed by atoms with van der Waals surface area (Å²) in [5.74, 6) is 1.81. The van der Waals surface area contributed by atoms with Crippen LogP contribution in [0.25, 0.3) is 32.9 Å². The van der Waals surface area contributed by atoms with Crippen LogP contribution in [0.3, 0.4) is 0 Å². The Morgan fingerprint density at radius 2 is 1.82 bits per heavy atom. The molecular weight excluding hydrogens is 442 g/mol. The number of anilines is 1. The number of thiophene rings is 1. The molecule has 7 heteroatoms. The molecule has 0 radical (unpaired) electrons. The number of carbonyl (C=O) groups excluding carboxylic acids is 1. The van der Waals surface area contributed by atoms with Gasteiger partial charge in [-0.15, -0.1) is 21.5 Å². The van der Waals surface area contributed by atoms with Gasteiger partial charge >= 0.3 is 0 Å². The van der Waals surface area contributed by atoms with Crippen molar-refractivity contribution in [2.45, 2.75) is 32.2 Å². The Balaban J connectivity index is 1.29. The molecule has 1 aliphatic heterocycles. The van der Waals surface area contributed by atoms with Crippen molar-refractivity contribution >= 4 is 33.8 Å². The lowest BCUT2D eigenvalue weighted by molar-refractivity contribution is 0.102. The molecule has 0 aliphatic carbocycles. The molecule has 0 unspecified atom stereocenters. The van der Waals surface area contributed by atoms with Gasteiger partial charge in [-0.1, -0.05) is 30.7 Å². The Labute approximate surface area is 201 Å². The van der Waals surface area contributed by atoms with Crippen LogP contribution >= 0.6 is 11.3 Å². The van der Waals surface area contributed by atoms with Crippen molar-refractivity contribution in [3.8, 4) is 22.0 Å². The zero-order valence-electron chi connectivity index (χ0n) is 18.6. The minimum atomic E-state index is -0.152. The second-order valence-corrected chi connectivity index (χ2v) is 9.43. The van der Waals surface area contributed by atoms with Gasteiger partial charge < -0.3 is 9.88 Å². The standard InChI is InChI=1S/C27H23N5OS/c33-27(21-17-23(24-9-6-16-34-24)29-22-8-4-3-7-20(21)22)28-19-13-11-18(12-14-19)26-31-30-25-10-2-1-5-15-32(25)26/h3-4,6-9,11-14,16-17H,1-2,5,10,15H2,(H,28,33). The van der Waals surface area contributed by atoms with E-state index < -0.39 is 0 Å². The molecule has 0 saturated carbocycles. The van der Waals surface area contributed by atoms with E-state index in [0.29, 0.717) is 5.56 Å². The number of hydrogen-bond acceptors (Lipinski definition) is 5. The number of para-hydroxylation sites is 1. The number of aryl methyl sites for hydroxylation is 1. The predicted molar refractivity (Wildman–Crippen MR) is 136 cm³/mol. The Bertz CT molecular complexity index is 1470. The number of rotatable bonds is 4. The molecule has 4 heterocycles. The fourth-order valence-electron chi connectivity index (χ4n) is 4.51. The molecule has 0 spiro atoms. The first-order chi connectivity index (χ1) is 16.8. The lowest BCUT2D eigenvalue weighted by Crippen LogP contribution is -2.13. The fourth-order valence-corrected chi connectivity index (χ4v) is 5.20. The Kier molecular flexibility index (Phi) is 5.39. The van der Waals surface area contributed by atoms with Gasteiger partial charge in [0, 0.05) is 29.6 Å². The third-order valence-electron chi connectivity index (χ3n) is 6.24. The van der Waals surface area contributed by atoms with Crippen LogP contribution in [0.1, 0.15) is 35.4 Å². The minimum Gasteiger partial charge on any atom is -0.322 e. The number of nitrogens with one attached hydrogen (secondary N) is 1. The number of pyridine rings is 1. The van der Waals surface area contributed by atoms with Gasteiger partial charge in [-0.3, -0.25) is 4.79 Å². The second-order valence-electron chi connectivity index (χ2n) is 8.48. The van der Waals surface area contributed by atoms with Crippen LogP contribution in [0.4, 0.5) is 5.69 Å². The summed E-state index contributed by atoms with van der Waals surface area (Å²) in [6.07, 6.45) is 4.53. The zero-order chi connectivity index (χ0) is 22.9. The highest BCUT2D eigenvalue weighted by Crippen LogP contribution is 2.29. The Hall–Kier alpha value is -3.84. The monoisotopic (exact) mass is 465 g/mol. The van der Waals surface area contributed by atoms with Crippen molar-refractivity contribution in [2.75, 3.05) is 5.32 Å². The third kappa shape index (κ3) is 3.88.